The van der Waals surface area contributed by atoms with E-state index in [0.29, 0.717) is 0 Å². The lowest BCUT2D eigenvalue weighted by molar-refractivity contribution is -0.148. The molecule has 0 bridgehead atoms. The highest BCUT2D eigenvalue weighted by atomic mass is 16.6. The molecular weight excluding hydrogens is 310 g/mol. The number of benzene rings is 2. The highest BCUT2D eigenvalue weighted by Crippen LogP contribution is 2.41. The molecule has 2 aliphatic rings. The van der Waals surface area contributed by atoms with Crippen LogP contribution in [0.4, 0.5) is 0 Å². The molecule has 1 aliphatic carbocycles. The number of ether oxygens (including phenoxy) is 1. The minimum Gasteiger partial charge on any atom is -0.449 e. The molecule has 0 aromatic heterocycles. The first-order valence-corrected chi connectivity index (χ1v) is 9.08. The van der Waals surface area contributed by atoms with Crippen LogP contribution in [0.1, 0.15) is 49.3 Å². The molecule has 0 amide bonds. The lowest BCUT2D eigenvalue weighted by Gasteiger charge is -2.36. The monoisotopic (exact) mass is 333 g/mol. The predicted molar refractivity (Wildman–Crippen MR) is 97.9 cm³/mol. The minimum atomic E-state index is -0.447. The molecule has 0 unspecified atom stereocenters. The van der Waals surface area contributed by atoms with Crippen molar-refractivity contribution in [3.63, 3.8) is 0 Å². The molecule has 2 aromatic rings. The molecule has 3 nitrogen and oxygen atoms in total. The van der Waals surface area contributed by atoms with Crippen LogP contribution in [0.2, 0.25) is 0 Å². The number of carbonyl (C=O) groups is 1. The van der Waals surface area contributed by atoms with Crippen LogP contribution in [-0.4, -0.2) is 11.6 Å². The summed E-state index contributed by atoms with van der Waals surface area (Å²) in [5, 5.41) is 3.65. The van der Waals surface area contributed by atoms with Gasteiger partial charge in [0.25, 0.3) is 0 Å². The first-order valence-electron chi connectivity index (χ1n) is 9.08. The topological polar surface area (TPSA) is 38.3 Å². The van der Waals surface area contributed by atoms with Gasteiger partial charge >= 0.3 is 5.97 Å². The Morgan fingerprint density at radius 2 is 1.40 bits per heavy atom. The Morgan fingerprint density at radius 3 is 1.96 bits per heavy atom. The molecule has 2 aromatic carbocycles. The van der Waals surface area contributed by atoms with Crippen molar-refractivity contribution in [1.82, 2.24) is 5.32 Å². The summed E-state index contributed by atoms with van der Waals surface area (Å²) >= 11 is 0. The molecule has 1 aliphatic heterocycles. The second kappa shape index (κ2) is 6.75. The van der Waals surface area contributed by atoms with Crippen molar-refractivity contribution in [1.29, 1.82) is 0 Å². The van der Waals surface area contributed by atoms with Crippen molar-refractivity contribution >= 4 is 5.97 Å². The van der Waals surface area contributed by atoms with Gasteiger partial charge in [-0.2, -0.15) is 0 Å². The number of esters is 1. The fraction of sp³-hybridized carbons (Fsp3) is 0.318. The molecule has 25 heavy (non-hydrogen) atoms. The van der Waals surface area contributed by atoms with E-state index < -0.39 is 5.60 Å². The van der Waals surface area contributed by atoms with Gasteiger partial charge in [-0.1, -0.05) is 67.1 Å². The molecule has 3 heteroatoms. The van der Waals surface area contributed by atoms with E-state index in [1.165, 1.54) is 17.5 Å². The first-order chi connectivity index (χ1) is 12.3. The maximum Gasteiger partial charge on any atom is 0.333 e. The Bertz CT molecular complexity index is 722. The third-order valence-corrected chi connectivity index (χ3v) is 5.28. The summed E-state index contributed by atoms with van der Waals surface area (Å²) in [4.78, 5) is 12.0. The lowest BCUT2D eigenvalue weighted by Crippen LogP contribution is -2.41. The van der Waals surface area contributed by atoms with E-state index in [4.69, 9.17) is 4.74 Å². The van der Waals surface area contributed by atoms with E-state index in [0.717, 1.165) is 31.4 Å². The lowest BCUT2D eigenvalue weighted by atomic mass is 9.82. The number of nitrogens with one attached hydrogen (secondary N) is 1. The Morgan fingerprint density at radius 1 is 0.840 bits per heavy atom. The Kier molecular flexibility index (Phi) is 4.31. The van der Waals surface area contributed by atoms with Crippen molar-refractivity contribution in [3.05, 3.63) is 83.6 Å². The minimum absolute atomic E-state index is 0.00181. The van der Waals surface area contributed by atoms with E-state index in [1.54, 1.807) is 6.08 Å². The SMILES string of the molecule is O=C1C=C(NC(c2ccccc2)c2ccccc2)C2(CCCCC2)O1. The van der Waals surface area contributed by atoms with Gasteiger partial charge in [0, 0.05) is 6.08 Å². The zero-order valence-corrected chi connectivity index (χ0v) is 14.3. The van der Waals surface area contributed by atoms with E-state index >= 15 is 0 Å². The zero-order chi connectivity index (χ0) is 17.1. The van der Waals surface area contributed by atoms with Crippen LogP contribution in [-0.2, 0) is 9.53 Å². The summed E-state index contributed by atoms with van der Waals surface area (Å²) in [6.07, 6.45) is 6.90. The van der Waals surface area contributed by atoms with E-state index in [9.17, 15) is 4.79 Å². The molecule has 0 atom stereocenters. The highest BCUT2D eigenvalue weighted by molar-refractivity contribution is 5.86. The fourth-order valence-electron chi connectivity index (χ4n) is 4.00. The number of carbonyl (C=O) groups excluding carboxylic acids is 1. The summed E-state index contributed by atoms with van der Waals surface area (Å²) in [6, 6.07) is 20.7. The molecule has 1 fully saturated rings. The van der Waals surface area contributed by atoms with Crippen molar-refractivity contribution in [2.24, 2.45) is 0 Å². The average Bonchev–Trinajstić information content (AvgIpc) is 2.96. The number of hydrogen-bond acceptors (Lipinski definition) is 3. The zero-order valence-electron chi connectivity index (χ0n) is 14.3. The maximum atomic E-state index is 12.0. The van der Waals surface area contributed by atoms with Crippen LogP contribution in [0, 0.1) is 0 Å². The highest BCUT2D eigenvalue weighted by Gasteiger charge is 2.44. The summed E-state index contributed by atoms with van der Waals surface area (Å²) in [6.45, 7) is 0. The second-order valence-electron chi connectivity index (χ2n) is 6.93. The maximum absolute atomic E-state index is 12.0. The predicted octanol–water partition coefficient (Wildman–Crippen LogP) is 4.51. The average molecular weight is 333 g/mol. The molecule has 1 heterocycles. The molecule has 1 saturated carbocycles. The van der Waals surface area contributed by atoms with Gasteiger partial charge in [0.1, 0.15) is 0 Å². The van der Waals surface area contributed by atoms with Gasteiger partial charge in [-0.25, -0.2) is 4.79 Å². The summed E-state index contributed by atoms with van der Waals surface area (Å²) in [7, 11) is 0. The third kappa shape index (κ3) is 3.19. The fourth-order valence-corrected chi connectivity index (χ4v) is 4.00. The molecular formula is C22H23NO2. The van der Waals surface area contributed by atoms with Crippen molar-refractivity contribution < 1.29 is 9.53 Å². The normalized spacial score (nSPS) is 18.9. The van der Waals surface area contributed by atoms with Crippen LogP contribution in [0.3, 0.4) is 0 Å². The van der Waals surface area contributed by atoms with Gasteiger partial charge in [0.15, 0.2) is 5.60 Å². The van der Waals surface area contributed by atoms with Crippen molar-refractivity contribution in [2.45, 2.75) is 43.7 Å². The molecule has 1 N–H and O–H groups in total. The van der Waals surface area contributed by atoms with Crippen molar-refractivity contribution in [2.75, 3.05) is 0 Å². The van der Waals surface area contributed by atoms with Gasteiger partial charge in [-0.15, -0.1) is 0 Å². The van der Waals surface area contributed by atoms with Crippen LogP contribution in [0.25, 0.3) is 0 Å². The summed E-state index contributed by atoms with van der Waals surface area (Å²) in [5.74, 6) is -0.218. The van der Waals surface area contributed by atoms with E-state index in [1.807, 2.05) is 36.4 Å². The number of hydrogen-bond donors (Lipinski definition) is 1. The van der Waals surface area contributed by atoms with Gasteiger partial charge in [0.05, 0.1) is 11.7 Å². The Balaban J connectivity index is 1.69. The van der Waals surface area contributed by atoms with Crippen LogP contribution >= 0.6 is 0 Å². The Labute approximate surface area is 148 Å². The van der Waals surface area contributed by atoms with Gasteiger partial charge in [-0.05, 0) is 36.8 Å². The molecule has 4 rings (SSSR count). The molecule has 128 valence electrons. The van der Waals surface area contributed by atoms with E-state index in [-0.39, 0.29) is 12.0 Å². The van der Waals surface area contributed by atoms with Gasteiger partial charge < -0.3 is 10.1 Å². The summed E-state index contributed by atoms with van der Waals surface area (Å²) in [5.41, 5.74) is 2.85. The quantitative estimate of drug-likeness (QED) is 0.837. The van der Waals surface area contributed by atoms with Gasteiger partial charge in [-0.3, -0.25) is 0 Å². The molecule has 0 saturated heterocycles. The Hall–Kier alpha value is -2.55. The van der Waals surface area contributed by atoms with Crippen LogP contribution in [0.15, 0.2) is 72.4 Å². The standard InChI is InChI=1S/C22H23NO2/c24-20-16-19(22(25-20)14-8-3-9-15-22)23-21(17-10-4-1-5-11-17)18-12-6-2-7-13-18/h1-2,4-7,10-13,16,21,23H,3,8-9,14-15H2. The molecule has 1 spiro atoms. The third-order valence-electron chi connectivity index (χ3n) is 5.28. The smallest absolute Gasteiger partial charge is 0.333 e. The number of rotatable bonds is 4. The molecule has 0 radical (unpaired) electrons. The van der Waals surface area contributed by atoms with Crippen LogP contribution in [0.5, 0.6) is 0 Å². The van der Waals surface area contributed by atoms with Gasteiger partial charge in [0.2, 0.25) is 0 Å². The first kappa shape index (κ1) is 15.9. The summed E-state index contributed by atoms with van der Waals surface area (Å²) < 4.78 is 5.78. The second-order valence-corrected chi connectivity index (χ2v) is 6.93. The van der Waals surface area contributed by atoms with Crippen LogP contribution < -0.4 is 5.32 Å². The van der Waals surface area contributed by atoms with E-state index in [2.05, 4.69) is 29.6 Å². The largest absolute Gasteiger partial charge is 0.449 e. The van der Waals surface area contributed by atoms with Crippen molar-refractivity contribution in [3.8, 4) is 0 Å².